The van der Waals surface area contributed by atoms with Crippen LogP contribution in [-0.2, 0) is 11.3 Å². The van der Waals surface area contributed by atoms with Crippen LogP contribution in [0.15, 0.2) is 60.0 Å². The summed E-state index contributed by atoms with van der Waals surface area (Å²) in [4.78, 5) is 25.1. The van der Waals surface area contributed by atoms with E-state index in [1.54, 1.807) is 31.0 Å². The number of benzene rings is 2. The summed E-state index contributed by atoms with van der Waals surface area (Å²) in [5, 5.41) is 0.764. The van der Waals surface area contributed by atoms with Crippen LogP contribution in [0.1, 0.15) is 17.5 Å². The molecule has 4 rings (SSSR count). The van der Waals surface area contributed by atoms with Gasteiger partial charge in [-0.3, -0.25) is 9.69 Å². The molecule has 1 amide bonds. The molecule has 0 fully saturated rings. The fraction of sp³-hybridized carbons (Fsp3) is 0.292. The molecule has 0 aliphatic heterocycles. The van der Waals surface area contributed by atoms with Crippen LogP contribution >= 0.6 is 35.5 Å². The van der Waals surface area contributed by atoms with Crippen LogP contribution in [-0.4, -0.2) is 39.8 Å². The first-order valence-corrected chi connectivity index (χ1v) is 12.2. The van der Waals surface area contributed by atoms with Gasteiger partial charge in [-0.25, -0.2) is 9.97 Å². The molecule has 4 aromatic rings. The molecule has 0 aliphatic carbocycles. The number of carbonyl (C=O) groups excluding carboxylic acids is 1. The summed E-state index contributed by atoms with van der Waals surface area (Å²) in [7, 11) is 1.65. The molecule has 0 N–H and O–H groups in total. The van der Waals surface area contributed by atoms with E-state index in [0.717, 1.165) is 39.0 Å². The van der Waals surface area contributed by atoms with Crippen LogP contribution in [0, 0.1) is 13.8 Å². The number of anilines is 1. The van der Waals surface area contributed by atoms with Crippen LogP contribution in [0.3, 0.4) is 0 Å². The Labute approximate surface area is 208 Å². The maximum Gasteiger partial charge on any atom is 0.239 e. The van der Waals surface area contributed by atoms with Gasteiger partial charge in [0.1, 0.15) is 5.75 Å². The van der Waals surface area contributed by atoms with Crippen molar-refractivity contribution in [2.45, 2.75) is 31.7 Å². The summed E-state index contributed by atoms with van der Waals surface area (Å²) in [5.41, 5.74) is 3.33. The van der Waals surface area contributed by atoms with Crippen molar-refractivity contribution in [1.29, 1.82) is 0 Å². The Morgan fingerprint density at radius 1 is 1.21 bits per heavy atom. The highest BCUT2D eigenvalue weighted by Crippen LogP contribution is 2.33. The van der Waals surface area contributed by atoms with Gasteiger partial charge in [-0.05, 0) is 61.7 Å². The number of aryl methyl sites for hydroxylation is 3. The highest BCUT2D eigenvalue weighted by molar-refractivity contribution is 8.00. The van der Waals surface area contributed by atoms with Gasteiger partial charge in [-0.2, -0.15) is 0 Å². The Morgan fingerprint density at radius 3 is 2.70 bits per heavy atom. The molecule has 0 spiro atoms. The van der Waals surface area contributed by atoms with E-state index < -0.39 is 0 Å². The third kappa shape index (κ3) is 6.28. The number of rotatable bonds is 9. The van der Waals surface area contributed by atoms with Gasteiger partial charge in [-0.1, -0.05) is 17.4 Å². The van der Waals surface area contributed by atoms with E-state index in [1.165, 1.54) is 22.9 Å². The number of imidazole rings is 1. The van der Waals surface area contributed by atoms with Crippen molar-refractivity contribution in [3.63, 3.8) is 0 Å². The number of hydrogen-bond donors (Lipinski definition) is 0. The molecule has 0 radical (unpaired) electrons. The quantitative estimate of drug-likeness (QED) is 0.272. The van der Waals surface area contributed by atoms with Gasteiger partial charge in [0.25, 0.3) is 0 Å². The zero-order chi connectivity index (χ0) is 22.5. The van der Waals surface area contributed by atoms with Gasteiger partial charge < -0.3 is 9.30 Å². The van der Waals surface area contributed by atoms with E-state index in [1.807, 2.05) is 39.9 Å². The molecular weight excluding hydrogens is 476 g/mol. The molecule has 2 heterocycles. The number of halogens is 1. The third-order valence-corrected chi connectivity index (χ3v) is 7.35. The molecule has 33 heavy (non-hydrogen) atoms. The molecule has 0 bridgehead atoms. The van der Waals surface area contributed by atoms with E-state index in [9.17, 15) is 4.79 Å². The van der Waals surface area contributed by atoms with Gasteiger partial charge in [0.2, 0.25) is 5.91 Å². The van der Waals surface area contributed by atoms with Crippen LogP contribution in [0.4, 0.5) is 5.13 Å². The zero-order valence-corrected chi connectivity index (χ0v) is 21.3. The average molecular weight is 503 g/mol. The lowest BCUT2D eigenvalue weighted by Crippen LogP contribution is -2.33. The number of ether oxygens (including phenoxy) is 1. The average Bonchev–Trinajstić information content (AvgIpc) is 3.45. The first-order valence-electron chi connectivity index (χ1n) is 10.4. The first-order chi connectivity index (χ1) is 15.5. The largest absolute Gasteiger partial charge is 0.497 e. The normalized spacial score (nSPS) is 10.8. The summed E-state index contributed by atoms with van der Waals surface area (Å²) >= 11 is 3.12. The lowest BCUT2D eigenvalue weighted by molar-refractivity contribution is -0.116. The summed E-state index contributed by atoms with van der Waals surface area (Å²) in [6, 6.07) is 12.0. The fourth-order valence-electron chi connectivity index (χ4n) is 3.53. The molecule has 174 valence electrons. The fourth-order valence-corrected chi connectivity index (χ4v) is 5.37. The lowest BCUT2D eigenvalue weighted by atomic mass is 10.1. The molecule has 0 saturated carbocycles. The Bertz CT molecular complexity index is 1190. The van der Waals surface area contributed by atoms with Crippen molar-refractivity contribution in [3.05, 3.63) is 66.2 Å². The standard InChI is InChI=1S/C24H26N4O2S2.ClH/c1-17-13-18(2)23-21(14-17)26-24(32-23)28(11-4-10-27-12-9-25-16-27)22(29)15-31-20-7-5-19(30-3)6-8-20;/h5-9,12-14,16H,4,10-11,15H2,1-3H3;1H. The molecule has 9 heteroatoms. The molecule has 0 atom stereocenters. The smallest absolute Gasteiger partial charge is 0.239 e. The summed E-state index contributed by atoms with van der Waals surface area (Å²) in [6.45, 7) is 5.59. The van der Waals surface area contributed by atoms with Crippen molar-refractivity contribution in [2.75, 3.05) is 24.3 Å². The number of thiazole rings is 1. The van der Waals surface area contributed by atoms with Crippen LogP contribution in [0.5, 0.6) is 5.75 Å². The van der Waals surface area contributed by atoms with Crippen molar-refractivity contribution in [1.82, 2.24) is 14.5 Å². The summed E-state index contributed by atoms with van der Waals surface area (Å²) in [6.07, 6.45) is 6.33. The topological polar surface area (TPSA) is 60.2 Å². The summed E-state index contributed by atoms with van der Waals surface area (Å²) in [5.74, 6) is 1.22. The number of nitrogens with zero attached hydrogens (tertiary/aromatic N) is 4. The minimum atomic E-state index is 0. The zero-order valence-electron chi connectivity index (χ0n) is 18.9. The number of thioether (sulfide) groups is 1. The number of carbonyl (C=O) groups is 1. The van der Waals surface area contributed by atoms with Gasteiger partial charge in [-0.15, -0.1) is 24.2 Å². The minimum absolute atomic E-state index is 0. The van der Waals surface area contributed by atoms with E-state index >= 15 is 0 Å². The molecule has 2 aromatic heterocycles. The van der Waals surface area contributed by atoms with Crippen molar-refractivity contribution >= 4 is 56.8 Å². The maximum absolute atomic E-state index is 13.3. The molecule has 0 unspecified atom stereocenters. The molecule has 0 aliphatic rings. The number of fused-ring (bicyclic) bond motifs is 1. The van der Waals surface area contributed by atoms with Gasteiger partial charge >= 0.3 is 0 Å². The van der Waals surface area contributed by atoms with E-state index in [4.69, 9.17) is 9.72 Å². The Balaban J connectivity index is 0.00000306. The Kier molecular flexibility index (Phi) is 8.77. The molecular formula is C24H27ClN4O2S2. The third-order valence-electron chi connectivity index (χ3n) is 5.12. The number of amides is 1. The van der Waals surface area contributed by atoms with Crippen molar-refractivity contribution in [2.24, 2.45) is 0 Å². The second-order valence-electron chi connectivity index (χ2n) is 7.59. The van der Waals surface area contributed by atoms with E-state index in [2.05, 4.69) is 31.0 Å². The second kappa shape index (κ2) is 11.5. The van der Waals surface area contributed by atoms with E-state index in [0.29, 0.717) is 12.3 Å². The van der Waals surface area contributed by atoms with Gasteiger partial charge in [0.15, 0.2) is 5.13 Å². The highest BCUT2D eigenvalue weighted by atomic mass is 35.5. The number of aromatic nitrogens is 3. The van der Waals surface area contributed by atoms with Gasteiger partial charge in [0, 0.05) is 30.4 Å². The number of hydrogen-bond acceptors (Lipinski definition) is 6. The molecule has 6 nitrogen and oxygen atoms in total. The molecule has 2 aromatic carbocycles. The monoisotopic (exact) mass is 502 g/mol. The first kappa shape index (κ1) is 25.1. The Morgan fingerprint density at radius 2 is 2.00 bits per heavy atom. The Hall–Kier alpha value is -2.55. The predicted molar refractivity (Wildman–Crippen MR) is 139 cm³/mol. The summed E-state index contributed by atoms with van der Waals surface area (Å²) < 4.78 is 8.38. The lowest BCUT2D eigenvalue weighted by Gasteiger charge is -2.20. The van der Waals surface area contributed by atoms with Gasteiger partial charge in [0.05, 0.1) is 29.4 Å². The van der Waals surface area contributed by atoms with Crippen LogP contribution in [0.25, 0.3) is 10.2 Å². The SMILES string of the molecule is COc1ccc(SCC(=O)N(CCCn2ccnc2)c2nc3cc(C)cc(C)c3s2)cc1.Cl. The van der Waals surface area contributed by atoms with E-state index in [-0.39, 0.29) is 18.3 Å². The number of methoxy groups -OCH3 is 1. The van der Waals surface area contributed by atoms with Crippen LogP contribution < -0.4 is 9.64 Å². The second-order valence-corrected chi connectivity index (χ2v) is 9.62. The maximum atomic E-state index is 13.3. The minimum Gasteiger partial charge on any atom is -0.497 e. The van der Waals surface area contributed by atoms with Crippen LogP contribution in [0.2, 0.25) is 0 Å². The van der Waals surface area contributed by atoms with Crippen molar-refractivity contribution < 1.29 is 9.53 Å². The van der Waals surface area contributed by atoms with Crippen molar-refractivity contribution in [3.8, 4) is 5.75 Å². The highest BCUT2D eigenvalue weighted by Gasteiger charge is 2.20. The predicted octanol–water partition coefficient (Wildman–Crippen LogP) is 5.76. The molecule has 0 saturated heterocycles.